The van der Waals surface area contributed by atoms with Crippen molar-refractivity contribution >= 4 is 29.6 Å². The molecular formula is C27H27N3O4. The first kappa shape index (κ1) is 23.0. The molecule has 1 N–H and O–H groups in total. The lowest BCUT2D eigenvalue weighted by molar-refractivity contribution is -0.122. The Morgan fingerprint density at radius 1 is 0.971 bits per heavy atom. The summed E-state index contributed by atoms with van der Waals surface area (Å²) in [5.41, 5.74) is 4.32. The molecule has 7 heteroatoms. The number of barbiturate groups is 1. The predicted octanol–water partition coefficient (Wildman–Crippen LogP) is 4.41. The van der Waals surface area contributed by atoms with Gasteiger partial charge in [0.15, 0.2) is 0 Å². The Morgan fingerprint density at radius 3 is 2.35 bits per heavy atom. The Balaban J connectivity index is 1.52. The van der Waals surface area contributed by atoms with Crippen LogP contribution in [0.25, 0.3) is 6.08 Å². The van der Waals surface area contributed by atoms with Crippen LogP contribution in [0.3, 0.4) is 0 Å². The van der Waals surface area contributed by atoms with Gasteiger partial charge in [-0.2, -0.15) is 0 Å². The maximum absolute atomic E-state index is 13.1. The number of aromatic nitrogens is 1. The van der Waals surface area contributed by atoms with E-state index in [1.807, 2.05) is 61.9 Å². The first-order valence-corrected chi connectivity index (χ1v) is 11.2. The quantitative estimate of drug-likeness (QED) is 0.421. The molecule has 7 nitrogen and oxygen atoms in total. The monoisotopic (exact) mass is 457 g/mol. The van der Waals surface area contributed by atoms with E-state index in [2.05, 4.69) is 11.4 Å². The molecule has 3 aromatic rings. The second kappa shape index (κ2) is 9.79. The van der Waals surface area contributed by atoms with E-state index < -0.39 is 17.8 Å². The molecule has 0 spiro atoms. The van der Waals surface area contributed by atoms with Gasteiger partial charge in [0.25, 0.3) is 11.8 Å². The second-order valence-corrected chi connectivity index (χ2v) is 8.28. The minimum absolute atomic E-state index is 0.102. The molecule has 0 radical (unpaired) electrons. The number of urea groups is 1. The predicted molar refractivity (Wildman–Crippen MR) is 131 cm³/mol. The number of hydrogen-bond acceptors (Lipinski definition) is 4. The molecule has 1 aliphatic heterocycles. The zero-order valence-electron chi connectivity index (χ0n) is 19.5. The summed E-state index contributed by atoms with van der Waals surface area (Å²) < 4.78 is 7.79. The highest BCUT2D eigenvalue weighted by Gasteiger charge is 2.36. The molecule has 0 unspecified atom stereocenters. The number of benzene rings is 2. The zero-order chi connectivity index (χ0) is 24.2. The van der Waals surface area contributed by atoms with Gasteiger partial charge < -0.3 is 9.30 Å². The van der Waals surface area contributed by atoms with Crippen LogP contribution in [-0.4, -0.2) is 29.0 Å². The molecule has 2 aromatic carbocycles. The molecular weight excluding hydrogens is 430 g/mol. The summed E-state index contributed by atoms with van der Waals surface area (Å²) in [6, 6.07) is 16.1. The van der Waals surface area contributed by atoms with Gasteiger partial charge in [-0.25, -0.2) is 9.69 Å². The Morgan fingerprint density at radius 2 is 1.68 bits per heavy atom. The summed E-state index contributed by atoms with van der Waals surface area (Å²) in [5, 5.41) is 2.27. The van der Waals surface area contributed by atoms with Gasteiger partial charge in [0.1, 0.15) is 17.9 Å². The molecule has 1 saturated heterocycles. The first-order chi connectivity index (χ1) is 16.4. The van der Waals surface area contributed by atoms with Crippen LogP contribution in [-0.2, 0) is 22.6 Å². The lowest BCUT2D eigenvalue weighted by atomic mass is 10.1. The normalized spacial score (nSPS) is 15.1. The molecule has 174 valence electrons. The van der Waals surface area contributed by atoms with Gasteiger partial charge in [-0.3, -0.25) is 14.9 Å². The van der Waals surface area contributed by atoms with Crippen molar-refractivity contribution < 1.29 is 19.1 Å². The molecule has 1 fully saturated rings. The molecule has 4 rings (SSSR count). The smallest absolute Gasteiger partial charge is 0.335 e. The number of imide groups is 2. The molecule has 0 saturated carbocycles. The van der Waals surface area contributed by atoms with Crippen LogP contribution in [0.2, 0.25) is 0 Å². The molecule has 2 heterocycles. The number of carbonyl (C=O) groups excluding carboxylic acids is 3. The molecule has 1 aromatic heterocycles. The van der Waals surface area contributed by atoms with Gasteiger partial charge in [-0.05, 0) is 79.4 Å². The molecule has 0 atom stereocenters. The summed E-state index contributed by atoms with van der Waals surface area (Å²) in [6.07, 6.45) is 4.21. The molecule has 1 aliphatic rings. The van der Waals surface area contributed by atoms with Crippen molar-refractivity contribution in [2.45, 2.75) is 33.7 Å². The van der Waals surface area contributed by atoms with Crippen molar-refractivity contribution in [3.8, 4) is 5.75 Å². The summed E-state index contributed by atoms with van der Waals surface area (Å²) in [5.74, 6) is -0.567. The summed E-state index contributed by atoms with van der Waals surface area (Å²) in [6.45, 7) is 7.01. The molecule has 0 bridgehead atoms. The van der Waals surface area contributed by atoms with Gasteiger partial charge in [0, 0.05) is 11.9 Å². The van der Waals surface area contributed by atoms with Crippen molar-refractivity contribution in [1.82, 2.24) is 9.88 Å². The maximum Gasteiger partial charge on any atom is 0.335 e. The lowest BCUT2D eigenvalue weighted by Gasteiger charge is -2.26. The number of ether oxygens (including phenoxy) is 1. The Kier molecular flexibility index (Phi) is 6.63. The number of nitrogens with one attached hydrogen (secondary N) is 1. The summed E-state index contributed by atoms with van der Waals surface area (Å²) in [7, 11) is 0. The average Bonchev–Trinajstić information content (AvgIpc) is 3.23. The fraction of sp³-hybridized carbons (Fsp3) is 0.222. The number of aryl methyl sites for hydroxylation is 3. The van der Waals surface area contributed by atoms with E-state index >= 15 is 0 Å². The fourth-order valence-electron chi connectivity index (χ4n) is 3.96. The molecule has 0 aliphatic carbocycles. The third-order valence-corrected chi connectivity index (χ3v) is 5.66. The number of carbonyl (C=O) groups is 3. The number of hydrogen-bond donors (Lipinski definition) is 1. The van der Waals surface area contributed by atoms with Crippen molar-refractivity contribution in [1.29, 1.82) is 0 Å². The zero-order valence-corrected chi connectivity index (χ0v) is 19.5. The van der Waals surface area contributed by atoms with Crippen LogP contribution in [0, 0.1) is 13.8 Å². The Labute approximate surface area is 198 Å². The maximum atomic E-state index is 13.1. The molecule has 34 heavy (non-hydrogen) atoms. The largest absolute Gasteiger partial charge is 0.492 e. The van der Waals surface area contributed by atoms with Crippen molar-refractivity contribution in [2.24, 2.45) is 0 Å². The highest BCUT2D eigenvalue weighted by atomic mass is 16.5. The Hall–Kier alpha value is -4.13. The number of anilines is 1. The highest BCUT2D eigenvalue weighted by molar-refractivity contribution is 6.39. The minimum Gasteiger partial charge on any atom is -0.492 e. The summed E-state index contributed by atoms with van der Waals surface area (Å²) >= 11 is 0. The van der Waals surface area contributed by atoms with Crippen LogP contribution in [0.5, 0.6) is 5.75 Å². The second-order valence-electron chi connectivity index (χ2n) is 8.28. The van der Waals surface area contributed by atoms with Gasteiger partial charge in [0.05, 0.1) is 12.2 Å². The Bertz CT molecular complexity index is 1250. The fourth-order valence-corrected chi connectivity index (χ4v) is 3.96. The van der Waals surface area contributed by atoms with Crippen LogP contribution in [0.15, 0.2) is 66.4 Å². The van der Waals surface area contributed by atoms with Crippen LogP contribution >= 0.6 is 0 Å². The van der Waals surface area contributed by atoms with Crippen LogP contribution in [0.1, 0.15) is 29.3 Å². The van der Waals surface area contributed by atoms with E-state index in [9.17, 15) is 14.4 Å². The van der Waals surface area contributed by atoms with Crippen molar-refractivity contribution in [2.75, 3.05) is 11.5 Å². The molecule has 4 amide bonds. The number of nitrogens with zero attached hydrogens (tertiary/aromatic N) is 2. The van der Waals surface area contributed by atoms with Gasteiger partial charge >= 0.3 is 6.03 Å². The summed E-state index contributed by atoms with van der Waals surface area (Å²) in [4.78, 5) is 39.1. The van der Waals surface area contributed by atoms with E-state index in [0.29, 0.717) is 24.5 Å². The van der Waals surface area contributed by atoms with Gasteiger partial charge in [-0.15, -0.1) is 0 Å². The van der Waals surface area contributed by atoms with E-state index in [1.54, 1.807) is 18.2 Å². The first-order valence-electron chi connectivity index (χ1n) is 11.2. The van der Waals surface area contributed by atoms with Gasteiger partial charge in [0.2, 0.25) is 0 Å². The third kappa shape index (κ3) is 4.93. The minimum atomic E-state index is -0.756. The number of amides is 4. The van der Waals surface area contributed by atoms with Crippen LogP contribution in [0.4, 0.5) is 10.5 Å². The standard InChI is InChI=1S/C27H27N3O4/c1-4-20-7-9-21(10-8-20)30-26(32)24(25(31)28-27(30)33)17-22-6-5-11-29(22)12-13-34-23-15-18(2)14-19(3)16-23/h5-11,14-17H,4,12-13H2,1-3H3,(H,28,31,33). The van der Waals surface area contributed by atoms with Gasteiger partial charge in [-0.1, -0.05) is 25.1 Å². The lowest BCUT2D eigenvalue weighted by Crippen LogP contribution is -2.54. The van der Waals surface area contributed by atoms with E-state index in [1.165, 1.54) is 6.08 Å². The topological polar surface area (TPSA) is 80.6 Å². The number of rotatable bonds is 7. The van der Waals surface area contributed by atoms with Crippen LogP contribution < -0.4 is 15.0 Å². The van der Waals surface area contributed by atoms with Crippen molar-refractivity contribution in [3.63, 3.8) is 0 Å². The third-order valence-electron chi connectivity index (χ3n) is 5.66. The average molecular weight is 458 g/mol. The van der Waals surface area contributed by atoms with E-state index in [-0.39, 0.29) is 5.57 Å². The SMILES string of the molecule is CCc1ccc(N2C(=O)NC(=O)C(=Cc3cccn3CCOc3cc(C)cc(C)c3)C2=O)cc1. The van der Waals surface area contributed by atoms with E-state index in [4.69, 9.17) is 4.74 Å². The highest BCUT2D eigenvalue weighted by Crippen LogP contribution is 2.23. The van der Waals surface area contributed by atoms with Crippen molar-refractivity contribution in [3.05, 3.63) is 88.8 Å². The van der Waals surface area contributed by atoms with E-state index in [0.717, 1.165) is 33.8 Å².